The minimum absolute atomic E-state index is 0.221. The van der Waals surface area contributed by atoms with Crippen LogP contribution in [0, 0.1) is 5.82 Å². The van der Waals surface area contributed by atoms with Crippen molar-refractivity contribution in [2.45, 2.75) is 19.4 Å². The third kappa shape index (κ3) is 4.27. The highest BCUT2D eigenvalue weighted by Gasteiger charge is 2.08. The summed E-state index contributed by atoms with van der Waals surface area (Å²) in [7, 11) is 4.13. The van der Waals surface area contributed by atoms with Crippen LogP contribution in [0.4, 0.5) is 4.39 Å². The van der Waals surface area contributed by atoms with Crippen LogP contribution in [0.5, 0.6) is 0 Å². The van der Waals surface area contributed by atoms with Crippen molar-refractivity contribution >= 4 is 11.3 Å². The summed E-state index contributed by atoms with van der Waals surface area (Å²) < 4.78 is 15.1. The molecule has 3 aromatic rings. The van der Waals surface area contributed by atoms with Gasteiger partial charge >= 0.3 is 0 Å². The first kappa shape index (κ1) is 16.8. The van der Waals surface area contributed by atoms with Crippen LogP contribution >= 0.6 is 11.3 Å². The van der Waals surface area contributed by atoms with Crippen LogP contribution in [0.15, 0.2) is 42.0 Å². The topological polar surface area (TPSA) is 34.0 Å². The Balaban J connectivity index is 1.50. The molecule has 0 aliphatic carbocycles. The fourth-order valence-corrected chi connectivity index (χ4v) is 3.47. The van der Waals surface area contributed by atoms with Gasteiger partial charge in [0.15, 0.2) is 0 Å². The summed E-state index contributed by atoms with van der Waals surface area (Å²) in [5.74, 6) is 0.901. The highest BCUT2D eigenvalue weighted by molar-refractivity contribution is 7.09. The van der Waals surface area contributed by atoms with E-state index in [0.717, 1.165) is 48.0 Å². The Morgan fingerprint density at radius 1 is 1.25 bits per heavy atom. The largest absolute Gasteiger partial charge is 0.338 e. The first-order chi connectivity index (χ1) is 11.6. The summed E-state index contributed by atoms with van der Waals surface area (Å²) in [5, 5.41) is 3.11. The lowest BCUT2D eigenvalue weighted by molar-refractivity contribution is 0.320. The first-order valence-electron chi connectivity index (χ1n) is 7.97. The summed E-state index contributed by atoms with van der Waals surface area (Å²) >= 11 is 1.65. The lowest BCUT2D eigenvalue weighted by atomic mass is 10.2. The van der Waals surface area contributed by atoms with Crippen molar-refractivity contribution in [1.82, 2.24) is 19.4 Å². The molecule has 0 spiro atoms. The van der Waals surface area contributed by atoms with Gasteiger partial charge in [-0.2, -0.15) is 0 Å². The summed E-state index contributed by atoms with van der Waals surface area (Å²) in [6, 6.07) is 6.48. The van der Waals surface area contributed by atoms with Gasteiger partial charge in [0.2, 0.25) is 0 Å². The van der Waals surface area contributed by atoms with Crippen LogP contribution in [0.2, 0.25) is 0 Å². The van der Waals surface area contributed by atoms with Crippen molar-refractivity contribution in [1.29, 1.82) is 0 Å². The monoisotopic (exact) mass is 344 g/mol. The maximum absolute atomic E-state index is 13.0. The van der Waals surface area contributed by atoms with E-state index >= 15 is 0 Å². The van der Waals surface area contributed by atoms with Gasteiger partial charge in [0.05, 0.1) is 12.2 Å². The highest BCUT2D eigenvalue weighted by atomic mass is 32.1. The van der Waals surface area contributed by atoms with Gasteiger partial charge in [-0.15, -0.1) is 11.3 Å². The fraction of sp³-hybridized carbons (Fsp3) is 0.333. The van der Waals surface area contributed by atoms with Crippen LogP contribution in [0.3, 0.4) is 0 Å². The molecule has 2 heterocycles. The molecule has 0 unspecified atom stereocenters. The number of nitrogens with zero attached hydrogens (tertiary/aromatic N) is 4. The number of aromatic nitrogens is 3. The van der Waals surface area contributed by atoms with Crippen LogP contribution in [0.1, 0.15) is 17.3 Å². The fourth-order valence-electron chi connectivity index (χ4n) is 2.59. The van der Waals surface area contributed by atoms with E-state index in [4.69, 9.17) is 0 Å². The predicted octanol–water partition coefficient (Wildman–Crippen LogP) is 3.75. The van der Waals surface area contributed by atoms with E-state index in [1.54, 1.807) is 23.5 Å². The standard InChI is InChI=1S/C18H21FN4S/c1-22(10-3-4-17-20-9-11-23(17)2)12-18-21-16(13-24-18)14-5-7-15(19)8-6-14/h5-9,11,13H,3-4,10,12H2,1-2H3. The van der Waals surface area contributed by atoms with Crippen molar-refractivity contribution in [3.63, 3.8) is 0 Å². The van der Waals surface area contributed by atoms with E-state index in [9.17, 15) is 4.39 Å². The van der Waals surface area contributed by atoms with Crippen molar-refractivity contribution < 1.29 is 4.39 Å². The predicted molar refractivity (Wildman–Crippen MR) is 95.4 cm³/mol. The molecule has 126 valence electrons. The number of rotatable bonds is 7. The SMILES string of the molecule is CN(CCCc1nccn1C)Cc1nc(-c2ccc(F)cc2)cs1. The second-order valence-corrected chi connectivity index (χ2v) is 6.87. The van der Waals surface area contributed by atoms with E-state index in [0.29, 0.717) is 0 Å². The molecule has 24 heavy (non-hydrogen) atoms. The molecule has 2 aromatic heterocycles. The Hall–Kier alpha value is -2.05. The second kappa shape index (κ2) is 7.68. The average Bonchev–Trinajstić information content (AvgIpc) is 3.18. The first-order valence-corrected chi connectivity index (χ1v) is 8.85. The number of thiazole rings is 1. The normalized spacial score (nSPS) is 11.3. The lowest BCUT2D eigenvalue weighted by Gasteiger charge is -2.14. The molecular formula is C18H21FN4S. The molecular weight excluding hydrogens is 323 g/mol. The quantitative estimate of drug-likeness (QED) is 0.655. The van der Waals surface area contributed by atoms with Gasteiger partial charge in [-0.1, -0.05) is 0 Å². The molecule has 1 aromatic carbocycles. The van der Waals surface area contributed by atoms with E-state index in [1.165, 1.54) is 12.1 Å². The molecule has 0 atom stereocenters. The van der Waals surface area contributed by atoms with Crippen molar-refractivity contribution in [3.8, 4) is 11.3 Å². The Kier molecular flexibility index (Phi) is 5.37. The molecule has 4 nitrogen and oxygen atoms in total. The molecule has 3 rings (SSSR count). The van der Waals surface area contributed by atoms with Crippen molar-refractivity contribution in [3.05, 3.63) is 58.7 Å². The number of imidazole rings is 1. The summed E-state index contributed by atoms with van der Waals surface area (Å²) in [5.41, 5.74) is 1.87. The van der Waals surface area contributed by atoms with Crippen LogP contribution in [-0.4, -0.2) is 33.0 Å². The van der Waals surface area contributed by atoms with Gasteiger partial charge in [-0.05, 0) is 44.3 Å². The maximum atomic E-state index is 13.0. The van der Waals surface area contributed by atoms with E-state index in [1.807, 2.05) is 24.8 Å². The number of hydrogen-bond acceptors (Lipinski definition) is 4. The Labute approximate surface area is 145 Å². The van der Waals surface area contributed by atoms with Gasteiger partial charge in [0, 0.05) is 36.8 Å². The molecule has 0 aliphatic heterocycles. The van der Waals surface area contributed by atoms with E-state index in [-0.39, 0.29) is 5.82 Å². The number of halogens is 1. The zero-order valence-corrected chi connectivity index (χ0v) is 14.8. The third-order valence-corrected chi connectivity index (χ3v) is 4.79. The van der Waals surface area contributed by atoms with Gasteiger partial charge in [-0.25, -0.2) is 14.4 Å². The summed E-state index contributed by atoms with van der Waals surface area (Å²) in [6.45, 7) is 1.82. The Morgan fingerprint density at radius 3 is 2.75 bits per heavy atom. The zero-order chi connectivity index (χ0) is 16.9. The van der Waals surface area contributed by atoms with Crippen molar-refractivity contribution in [2.75, 3.05) is 13.6 Å². The third-order valence-electron chi connectivity index (χ3n) is 3.96. The molecule has 0 N–H and O–H groups in total. The van der Waals surface area contributed by atoms with Crippen LogP contribution < -0.4 is 0 Å². The summed E-state index contributed by atoms with van der Waals surface area (Å²) in [4.78, 5) is 11.3. The number of hydrogen-bond donors (Lipinski definition) is 0. The Bertz CT molecular complexity index is 778. The van der Waals surface area contributed by atoms with E-state index < -0.39 is 0 Å². The van der Waals surface area contributed by atoms with Gasteiger partial charge in [0.1, 0.15) is 16.6 Å². The highest BCUT2D eigenvalue weighted by Crippen LogP contribution is 2.22. The zero-order valence-electron chi connectivity index (χ0n) is 13.9. The van der Waals surface area contributed by atoms with Crippen LogP contribution in [-0.2, 0) is 20.0 Å². The molecule has 0 bridgehead atoms. The Morgan fingerprint density at radius 2 is 2.04 bits per heavy atom. The average molecular weight is 344 g/mol. The molecule has 6 heteroatoms. The smallest absolute Gasteiger partial charge is 0.123 e. The summed E-state index contributed by atoms with van der Waals surface area (Å²) in [6.07, 6.45) is 5.86. The lowest BCUT2D eigenvalue weighted by Crippen LogP contribution is -2.19. The molecule has 0 fully saturated rings. The molecule has 0 saturated carbocycles. The molecule has 0 saturated heterocycles. The molecule has 0 amide bonds. The number of aryl methyl sites for hydroxylation is 2. The minimum Gasteiger partial charge on any atom is -0.338 e. The molecule has 0 radical (unpaired) electrons. The van der Waals surface area contributed by atoms with Gasteiger partial charge < -0.3 is 4.57 Å². The van der Waals surface area contributed by atoms with Crippen molar-refractivity contribution in [2.24, 2.45) is 7.05 Å². The second-order valence-electron chi connectivity index (χ2n) is 5.93. The van der Waals surface area contributed by atoms with Gasteiger partial charge in [0.25, 0.3) is 0 Å². The maximum Gasteiger partial charge on any atom is 0.123 e. The van der Waals surface area contributed by atoms with Gasteiger partial charge in [-0.3, -0.25) is 4.90 Å². The molecule has 0 aliphatic rings. The van der Waals surface area contributed by atoms with E-state index in [2.05, 4.69) is 26.5 Å². The minimum atomic E-state index is -0.221. The van der Waals surface area contributed by atoms with Crippen LogP contribution in [0.25, 0.3) is 11.3 Å². The number of benzene rings is 1.